The summed E-state index contributed by atoms with van der Waals surface area (Å²) < 4.78 is 10.0. The van der Waals surface area contributed by atoms with Crippen LogP contribution in [0.25, 0.3) is 0 Å². The number of methoxy groups -OCH3 is 1. The Hall–Kier alpha value is -1.10. The quantitative estimate of drug-likeness (QED) is 0.817. The minimum atomic E-state index is -0.306. The van der Waals surface area contributed by atoms with E-state index in [0.29, 0.717) is 12.2 Å². The predicted octanol–water partition coefficient (Wildman–Crippen LogP) is 1.56. The summed E-state index contributed by atoms with van der Waals surface area (Å²) >= 11 is 0. The van der Waals surface area contributed by atoms with Gasteiger partial charge in [0.25, 0.3) is 0 Å². The summed E-state index contributed by atoms with van der Waals surface area (Å²) in [7, 11) is 1.38. The lowest BCUT2D eigenvalue weighted by Crippen LogP contribution is -2.34. The SMILES string of the molecule is COC(=O)c1ccc([C@H]2COCCN2)cc1.Cl. The first-order valence-electron chi connectivity index (χ1n) is 5.30. The molecule has 94 valence electrons. The molecular formula is C12H16ClNO3. The molecule has 0 spiro atoms. The minimum Gasteiger partial charge on any atom is -0.465 e. The van der Waals surface area contributed by atoms with E-state index in [9.17, 15) is 4.79 Å². The van der Waals surface area contributed by atoms with E-state index >= 15 is 0 Å². The number of hydrogen-bond donors (Lipinski definition) is 1. The Kier molecular flexibility index (Phi) is 5.41. The van der Waals surface area contributed by atoms with Gasteiger partial charge in [0.05, 0.1) is 31.9 Å². The second-order valence-electron chi connectivity index (χ2n) is 3.70. The molecule has 1 atom stereocenters. The smallest absolute Gasteiger partial charge is 0.337 e. The zero-order chi connectivity index (χ0) is 11.4. The van der Waals surface area contributed by atoms with E-state index in [0.717, 1.165) is 18.7 Å². The zero-order valence-corrected chi connectivity index (χ0v) is 10.5. The van der Waals surface area contributed by atoms with Gasteiger partial charge >= 0.3 is 5.97 Å². The summed E-state index contributed by atoms with van der Waals surface area (Å²) in [5.41, 5.74) is 1.70. The number of ether oxygens (including phenoxy) is 2. The average Bonchev–Trinajstić information content (AvgIpc) is 2.39. The predicted molar refractivity (Wildman–Crippen MR) is 66.6 cm³/mol. The molecule has 1 aliphatic heterocycles. The minimum absolute atomic E-state index is 0. The standard InChI is InChI=1S/C12H15NO3.ClH/c1-15-12(14)10-4-2-9(3-5-10)11-8-16-7-6-13-11;/h2-5,11,13H,6-8H2,1H3;1H/t11-;/m1./s1. The Balaban J connectivity index is 0.00000144. The van der Waals surface area contributed by atoms with Crippen LogP contribution in [0.4, 0.5) is 0 Å². The van der Waals surface area contributed by atoms with E-state index in [-0.39, 0.29) is 24.4 Å². The van der Waals surface area contributed by atoms with E-state index in [1.807, 2.05) is 12.1 Å². The van der Waals surface area contributed by atoms with Crippen LogP contribution in [0.15, 0.2) is 24.3 Å². The first-order chi connectivity index (χ1) is 7.81. The Morgan fingerprint density at radius 2 is 2.12 bits per heavy atom. The lowest BCUT2D eigenvalue weighted by molar-refractivity contribution is 0.0600. The molecule has 17 heavy (non-hydrogen) atoms. The molecule has 2 rings (SSSR count). The molecule has 0 amide bonds. The first-order valence-corrected chi connectivity index (χ1v) is 5.30. The van der Waals surface area contributed by atoms with Gasteiger partial charge in [-0.05, 0) is 17.7 Å². The van der Waals surface area contributed by atoms with Gasteiger partial charge in [-0.25, -0.2) is 4.79 Å². The Bertz CT molecular complexity index is 361. The Morgan fingerprint density at radius 1 is 1.41 bits per heavy atom. The van der Waals surface area contributed by atoms with Crippen LogP contribution < -0.4 is 5.32 Å². The molecule has 0 aromatic heterocycles. The van der Waals surface area contributed by atoms with Gasteiger partial charge in [0.15, 0.2) is 0 Å². The van der Waals surface area contributed by atoms with Crippen LogP contribution in [0, 0.1) is 0 Å². The van der Waals surface area contributed by atoms with Crippen molar-refractivity contribution in [2.24, 2.45) is 0 Å². The molecule has 0 aliphatic carbocycles. The third-order valence-corrected chi connectivity index (χ3v) is 2.66. The van der Waals surface area contributed by atoms with Crippen LogP contribution in [0.2, 0.25) is 0 Å². The van der Waals surface area contributed by atoms with Crippen molar-refractivity contribution in [3.8, 4) is 0 Å². The van der Waals surface area contributed by atoms with E-state index in [2.05, 4.69) is 10.1 Å². The summed E-state index contributed by atoms with van der Waals surface area (Å²) in [5, 5.41) is 3.36. The van der Waals surface area contributed by atoms with E-state index in [1.54, 1.807) is 12.1 Å². The fraction of sp³-hybridized carbons (Fsp3) is 0.417. The van der Waals surface area contributed by atoms with Crippen LogP contribution in [0.1, 0.15) is 22.0 Å². The largest absolute Gasteiger partial charge is 0.465 e. The van der Waals surface area contributed by atoms with Gasteiger partial charge in [0.1, 0.15) is 0 Å². The summed E-state index contributed by atoms with van der Waals surface area (Å²) in [6.45, 7) is 2.30. The molecule has 1 aromatic carbocycles. The van der Waals surface area contributed by atoms with Crippen molar-refractivity contribution >= 4 is 18.4 Å². The van der Waals surface area contributed by atoms with Crippen molar-refractivity contribution in [3.05, 3.63) is 35.4 Å². The molecule has 1 saturated heterocycles. The first kappa shape index (κ1) is 14.0. The highest BCUT2D eigenvalue weighted by molar-refractivity contribution is 5.89. The van der Waals surface area contributed by atoms with Gasteiger partial charge < -0.3 is 14.8 Å². The van der Waals surface area contributed by atoms with E-state index in [4.69, 9.17) is 4.74 Å². The maximum absolute atomic E-state index is 11.2. The molecule has 5 heteroatoms. The molecule has 1 N–H and O–H groups in total. The van der Waals surface area contributed by atoms with Crippen LogP contribution >= 0.6 is 12.4 Å². The van der Waals surface area contributed by atoms with Crippen molar-refractivity contribution in [2.45, 2.75) is 6.04 Å². The summed E-state index contributed by atoms with van der Waals surface area (Å²) in [6.07, 6.45) is 0. The highest BCUT2D eigenvalue weighted by Gasteiger charge is 2.15. The molecule has 4 nitrogen and oxygen atoms in total. The highest BCUT2D eigenvalue weighted by Crippen LogP contribution is 2.16. The molecular weight excluding hydrogens is 242 g/mol. The van der Waals surface area contributed by atoms with E-state index in [1.165, 1.54) is 7.11 Å². The average molecular weight is 258 g/mol. The lowest BCUT2D eigenvalue weighted by atomic mass is 10.0. The molecule has 0 saturated carbocycles. The maximum Gasteiger partial charge on any atom is 0.337 e. The second-order valence-corrected chi connectivity index (χ2v) is 3.70. The van der Waals surface area contributed by atoms with Gasteiger partial charge in [0, 0.05) is 6.54 Å². The molecule has 1 heterocycles. The number of nitrogens with one attached hydrogen (secondary N) is 1. The lowest BCUT2D eigenvalue weighted by Gasteiger charge is -2.24. The van der Waals surface area contributed by atoms with Crippen molar-refractivity contribution < 1.29 is 14.3 Å². The number of rotatable bonds is 2. The molecule has 1 aromatic rings. The molecule has 1 aliphatic rings. The third-order valence-electron chi connectivity index (χ3n) is 2.66. The number of benzene rings is 1. The van der Waals surface area contributed by atoms with Crippen molar-refractivity contribution in [3.63, 3.8) is 0 Å². The molecule has 0 bridgehead atoms. The number of esters is 1. The number of carbonyl (C=O) groups is 1. The second kappa shape index (κ2) is 6.59. The summed E-state index contributed by atoms with van der Waals surface area (Å²) in [4.78, 5) is 11.2. The molecule has 0 unspecified atom stereocenters. The van der Waals surface area contributed by atoms with Crippen LogP contribution in [0.3, 0.4) is 0 Å². The highest BCUT2D eigenvalue weighted by atomic mass is 35.5. The Morgan fingerprint density at radius 3 is 2.65 bits per heavy atom. The van der Waals surface area contributed by atoms with Crippen molar-refractivity contribution in [2.75, 3.05) is 26.9 Å². The number of halogens is 1. The van der Waals surface area contributed by atoms with Gasteiger partial charge in [0.2, 0.25) is 0 Å². The van der Waals surface area contributed by atoms with E-state index < -0.39 is 0 Å². The number of hydrogen-bond acceptors (Lipinski definition) is 4. The number of carbonyl (C=O) groups excluding carboxylic acids is 1. The topological polar surface area (TPSA) is 47.6 Å². The third kappa shape index (κ3) is 3.43. The van der Waals surface area contributed by atoms with Gasteiger partial charge in [-0.1, -0.05) is 12.1 Å². The fourth-order valence-corrected chi connectivity index (χ4v) is 1.75. The Labute approximate surface area is 107 Å². The molecule has 0 radical (unpaired) electrons. The molecule has 1 fully saturated rings. The maximum atomic E-state index is 11.2. The van der Waals surface area contributed by atoms with Crippen molar-refractivity contribution in [1.82, 2.24) is 5.32 Å². The van der Waals surface area contributed by atoms with Gasteiger partial charge in [-0.3, -0.25) is 0 Å². The zero-order valence-electron chi connectivity index (χ0n) is 9.64. The van der Waals surface area contributed by atoms with Gasteiger partial charge in [-0.2, -0.15) is 0 Å². The van der Waals surface area contributed by atoms with Crippen LogP contribution in [-0.2, 0) is 9.47 Å². The summed E-state index contributed by atoms with van der Waals surface area (Å²) in [5.74, 6) is -0.306. The van der Waals surface area contributed by atoms with Crippen molar-refractivity contribution in [1.29, 1.82) is 0 Å². The number of morpholine rings is 1. The van der Waals surface area contributed by atoms with Crippen LogP contribution in [0.5, 0.6) is 0 Å². The van der Waals surface area contributed by atoms with Crippen LogP contribution in [-0.4, -0.2) is 32.8 Å². The van der Waals surface area contributed by atoms with Gasteiger partial charge in [-0.15, -0.1) is 12.4 Å². The normalized spacial score (nSPS) is 19.2. The fourth-order valence-electron chi connectivity index (χ4n) is 1.75. The monoisotopic (exact) mass is 257 g/mol. The summed E-state index contributed by atoms with van der Waals surface area (Å²) in [6, 6.07) is 7.63.